The van der Waals surface area contributed by atoms with Gasteiger partial charge in [-0.3, -0.25) is 24.1 Å². The predicted octanol–water partition coefficient (Wildman–Crippen LogP) is 5.14. The molecule has 1 aliphatic heterocycles. The fraction of sp³-hybridized carbons (Fsp3) is 0.289. The Labute approximate surface area is 304 Å². The van der Waals surface area contributed by atoms with Gasteiger partial charge in [0.05, 0.1) is 34.1 Å². The number of hydrogen-bond acceptors (Lipinski definition) is 8. The number of nitrogens with zero attached hydrogens (tertiary/aromatic N) is 3. The number of benzene rings is 2. The molecular weight excluding hydrogens is 689 g/mol. The van der Waals surface area contributed by atoms with E-state index in [0.717, 1.165) is 52.6 Å². The van der Waals surface area contributed by atoms with Crippen LogP contribution in [-0.2, 0) is 22.7 Å². The van der Waals surface area contributed by atoms with Crippen molar-refractivity contribution in [2.24, 2.45) is 0 Å². The first-order valence-corrected chi connectivity index (χ1v) is 17.6. The van der Waals surface area contributed by atoms with E-state index in [2.05, 4.69) is 21.3 Å². The number of rotatable bonds is 12. The summed E-state index contributed by atoms with van der Waals surface area (Å²) in [4.78, 5) is 46.3. The topological polar surface area (TPSA) is 139 Å². The fourth-order valence-corrected chi connectivity index (χ4v) is 7.22. The SMILES string of the molecule is CNC(=O)C1(NCc2cc(=O)n3ccc(-c4cccc(-c5cccc(-c6ccc(CNCC7CCC(=O)N7)c(OC)n6)c5Cl)c4Cl)cc3n2)CC1. The number of carbonyl (C=O) groups excluding carboxylic acids is 2. The number of nitrogens with one attached hydrogen (secondary N) is 4. The first-order valence-electron chi connectivity index (χ1n) is 16.8. The summed E-state index contributed by atoms with van der Waals surface area (Å²) in [6, 6.07) is 20.6. The van der Waals surface area contributed by atoms with Crippen molar-refractivity contribution in [3.63, 3.8) is 0 Å². The van der Waals surface area contributed by atoms with Crippen LogP contribution in [0.5, 0.6) is 5.88 Å². The molecule has 2 aromatic carbocycles. The van der Waals surface area contributed by atoms with Gasteiger partial charge in [-0.05, 0) is 43.0 Å². The lowest BCUT2D eigenvalue weighted by atomic mass is 9.97. The van der Waals surface area contributed by atoms with Gasteiger partial charge in [-0.2, -0.15) is 0 Å². The Morgan fingerprint density at radius 1 is 0.961 bits per heavy atom. The van der Waals surface area contributed by atoms with Gasteiger partial charge in [0.2, 0.25) is 17.7 Å². The van der Waals surface area contributed by atoms with Crippen molar-refractivity contribution in [1.29, 1.82) is 0 Å². The summed E-state index contributed by atoms with van der Waals surface area (Å²) < 4.78 is 7.13. The van der Waals surface area contributed by atoms with Crippen LogP contribution >= 0.6 is 23.2 Å². The summed E-state index contributed by atoms with van der Waals surface area (Å²) in [5.41, 5.74) is 5.46. The maximum Gasteiger partial charge on any atom is 0.258 e. The quantitative estimate of drug-likeness (QED) is 0.139. The predicted molar refractivity (Wildman–Crippen MR) is 198 cm³/mol. The summed E-state index contributed by atoms with van der Waals surface area (Å²) >= 11 is 14.2. The Kier molecular flexibility index (Phi) is 9.80. The van der Waals surface area contributed by atoms with Gasteiger partial charge in [0, 0.05) is 79.2 Å². The number of halogens is 2. The molecule has 2 aliphatic rings. The summed E-state index contributed by atoms with van der Waals surface area (Å²) in [7, 11) is 3.20. The average molecular weight is 727 g/mol. The first kappa shape index (κ1) is 34.6. The van der Waals surface area contributed by atoms with E-state index in [1.54, 1.807) is 20.4 Å². The van der Waals surface area contributed by atoms with Crippen molar-refractivity contribution >= 4 is 40.7 Å². The van der Waals surface area contributed by atoms with Gasteiger partial charge in [0.25, 0.3) is 5.56 Å². The number of amides is 2. The molecule has 1 aliphatic carbocycles. The molecule has 2 fully saturated rings. The molecule has 0 radical (unpaired) electrons. The zero-order valence-corrected chi connectivity index (χ0v) is 29.7. The van der Waals surface area contributed by atoms with Gasteiger partial charge in [-0.1, -0.05) is 65.7 Å². The van der Waals surface area contributed by atoms with Crippen LogP contribution in [0.4, 0.5) is 0 Å². The van der Waals surface area contributed by atoms with E-state index < -0.39 is 5.54 Å². The lowest BCUT2D eigenvalue weighted by molar-refractivity contribution is -0.123. The van der Waals surface area contributed by atoms with E-state index in [4.69, 9.17) is 37.9 Å². The molecular formula is C38H37Cl2N7O4. The van der Waals surface area contributed by atoms with Gasteiger partial charge in [-0.25, -0.2) is 9.97 Å². The minimum Gasteiger partial charge on any atom is -0.481 e. The van der Waals surface area contributed by atoms with Crippen molar-refractivity contribution in [2.45, 2.75) is 50.4 Å². The monoisotopic (exact) mass is 725 g/mol. The molecule has 4 heterocycles. The van der Waals surface area contributed by atoms with Crippen LogP contribution in [0.25, 0.3) is 39.2 Å². The minimum absolute atomic E-state index is 0.0619. The van der Waals surface area contributed by atoms with Crippen molar-refractivity contribution in [2.75, 3.05) is 20.7 Å². The molecule has 51 heavy (non-hydrogen) atoms. The summed E-state index contributed by atoms with van der Waals surface area (Å²) in [6.07, 6.45) is 4.55. The Hall–Kier alpha value is -4.81. The van der Waals surface area contributed by atoms with Crippen molar-refractivity contribution in [1.82, 2.24) is 35.6 Å². The molecule has 3 aromatic heterocycles. The Bertz CT molecular complexity index is 2220. The minimum atomic E-state index is -0.601. The first-order chi connectivity index (χ1) is 24.7. The third-order valence-electron chi connectivity index (χ3n) is 9.54. The smallest absolute Gasteiger partial charge is 0.258 e. The molecule has 0 spiro atoms. The standard InChI is InChI=1S/C38H37Cl2N7O4/c1-41-37(50)38(14-15-38)43-21-25-18-33(49)47-16-13-22(17-31(47)44-25)26-5-3-6-27(34(26)39)28-7-4-8-29(35(28)40)30-11-9-23(36(46-30)51-2)19-42-20-24-10-12-32(48)45-24/h3-9,11,13,16-18,24,42-43H,10,12,14-15,19-21H2,1-2H3,(H,41,50)(H,45,48). The average Bonchev–Trinajstić information content (AvgIpc) is 3.83. The highest BCUT2D eigenvalue weighted by molar-refractivity contribution is 6.39. The second kappa shape index (κ2) is 14.4. The van der Waals surface area contributed by atoms with Crippen LogP contribution in [-0.4, -0.2) is 58.5 Å². The lowest BCUT2D eigenvalue weighted by Gasteiger charge is -2.16. The molecule has 11 nitrogen and oxygen atoms in total. The maximum atomic E-state index is 13.0. The number of fused-ring (bicyclic) bond motifs is 1. The zero-order chi connectivity index (χ0) is 35.7. The maximum absolute atomic E-state index is 13.0. The number of likely N-dealkylation sites (N-methyl/N-ethyl adjacent to an activating group) is 1. The van der Waals surface area contributed by atoms with Crippen molar-refractivity contribution in [3.8, 4) is 39.4 Å². The zero-order valence-electron chi connectivity index (χ0n) is 28.2. The van der Waals surface area contributed by atoms with Crippen LogP contribution in [0.2, 0.25) is 10.0 Å². The molecule has 262 valence electrons. The van der Waals surface area contributed by atoms with Crippen LogP contribution in [0, 0.1) is 0 Å². The number of methoxy groups -OCH3 is 1. The molecule has 5 aromatic rings. The molecule has 0 bridgehead atoms. The van der Waals surface area contributed by atoms with Crippen LogP contribution < -0.4 is 31.6 Å². The number of pyridine rings is 2. The lowest BCUT2D eigenvalue weighted by Crippen LogP contribution is -2.45. The molecule has 7 rings (SSSR count). The number of hydrogen-bond donors (Lipinski definition) is 4. The van der Waals surface area contributed by atoms with E-state index >= 15 is 0 Å². The van der Waals surface area contributed by atoms with Crippen LogP contribution in [0.1, 0.15) is 36.9 Å². The van der Waals surface area contributed by atoms with Gasteiger partial charge < -0.3 is 20.7 Å². The van der Waals surface area contributed by atoms with Crippen molar-refractivity contribution < 1.29 is 14.3 Å². The Morgan fingerprint density at radius 2 is 1.69 bits per heavy atom. The summed E-state index contributed by atoms with van der Waals surface area (Å²) in [5.74, 6) is 0.513. The highest BCUT2D eigenvalue weighted by Gasteiger charge is 2.49. The summed E-state index contributed by atoms with van der Waals surface area (Å²) in [6.45, 7) is 1.49. The molecule has 4 N–H and O–H groups in total. The van der Waals surface area contributed by atoms with Gasteiger partial charge in [-0.15, -0.1) is 0 Å². The normalized spacial score (nSPS) is 16.2. The van der Waals surface area contributed by atoms with Gasteiger partial charge in [0.15, 0.2) is 0 Å². The number of ether oxygens (including phenoxy) is 1. The molecule has 2 amide bonds. The molecule has 1 unspecified atom stereocenters. The van der Waals surface area contributed by atoms with E-state index in [0.29, 0.717) is 52.5 Å². The fourth-order valence-electron chi connectivity index (χ4n) is 6.56. The molecule has 13 heteroatoms. The molecule has 1 saturated heterocycles. The Morgan fingerprint density at radius 3 is 2.37 bits per heavy atom. The molecule has 1 atom stereocenters. The second-order valence-corrected chi connectivity index (χ2v) is 13.6. The second-order valence-electron chi connectivity index (χ2n) is 12.9. The van der Waals surface area contributed by atoms with Crippen LogP contribution in [0.3, 0.4) is 0 Å². The largest absolute Gasteiger partial charge is 0.481 e. The highest BCUT2D eigenvalue weighted by Crippen LogP contribution is 2.42. The number of aromatic nitrogens is 3. The van der Waals surface area contributed by atoms with E-state index in [9.17, 15) is 14.4 Å². The van der Waals surface area contributed by atoms with Gasteiger partial charge in [0.1, 0.15) is 5.65 Å². The third kappa shape index (κ3) is 7.07. The van der Waals surface area contributed by atoms with E-state index in [-0.39, 0.29) is 30.0 Å². The molecule has 1 saturated carbocycles. The number of carbonyl (C=O) groups is 2. The van der Waals surface area contributed by atoms with Gasteiger partial charge >= 0.3 is 0 Å². The Balaban J connectivity index is 1.14. The third-order valence-corrected chi connectivity index (χ3v) is 10.4. The van der Waals surface area contributed by atoms with Crippen LogP contribution in [0.15, 0.2) is 77.7 Å². The highest BCUT2D eigenvalue weighted by atomic mass is 35.5. The van der Waals surface area contributed by atoms with E-state index in [1.807, 2.05) is 60.7 Å². The summed E-state index contributed by atoms with van der Waals surface area (Å²) in [5, 5.41) is 13.3. The van der Waals surface area contributed by atoms with E-state index in [1.165, 1.54) is 10.5 Å². The van der Waals surface area contributed by atoms with Crippen molar-refractivity contribution in [3.05, 3.63) is 105 Å².